The first kappa shape index (κ1) is 9.83. The topological polar surface area (TPSA) is 12.0 Å². The molecule has 1 N–H and O–H groups in total. The molecule has 1 atom stereocenters. The molecule has 0 saturated heterocycles. The predicted molar refractivity (Wildman–Crippen MR) is 56.4 cm³/mol. The van der Waals surface area contributed by atoms with Gasteiger partial charge in [-0.25, -0.2) is 0 Å². The fourth-order valence-electron chi connectivity index (χ4n) is 1.27. The first-order valence-corrected chi connectivity index (χ1v) is 4.47. The minimum atomic E-state index is 0.330. The van der Waals surface area contributed by atoms with E-state index in [1.54, 1.807) is 0 Å². The first-order chi connectivity index (χ1) is 6.24. The van der Waals surface area contributed by atoms with Crippen LogP contribution in [0.1, 0.15) is 24.1 Å². The van der Waals surface area contributed by atoms with Crippen molar-refractivity contribution in [1.82, 2.24) is 5.32 Å². The van der Waals surface area contributed by atoms with Crippen LogP contribution in [0.4, 0.5) is 0 Å². The lowest BCUT2D eigenvalue weighted by molar-refractivity contribution is 0.623. The van der Waals surface area contributed by atoms with Crippen molar-refractivity contribution in [1.29, 1.82) is 0 Å². The maximum absolute atomic E-state index is 5.17. The summed E-state index contributed by atoms with van der Waals surface area (Å²) in [7, 11) is 0. The van der Waals surface area contributed by atoms with E-state index >= 15 is 0 Å². The van der Waals surface area contributed by atoms with Crippen LogP contribution in [0.3, 0.4) is 0 Å². The molecule has 0 aliphatic heterocycles. The molecular weight excluding hydrogens is 158 g/mol. The van der Waals surface area contributed by atoms with Gasteiger partial charge in [0.15, 0.2) is 0 Å². The second-order valence-corrected chi connectivity index (χ2v) is 3.22. The van der Waals surface area contributed by atoms with E-state index in [0.29, 0.717) is 12.6 Å². The van der Waals surface area contributed by atoms with Gasteiger partial charge in [0.1, 0.15) is 0 Å². The molecule has 0 radical (unpaired) electrons. The molecule has 0 heterocycles. The van der Waals surface area contributed by atoms with E-state index in [-0.39, 0.29) is 0 Å². The largest absolute Gasteiger partial charge is 0.300 e. The van der Waals surface area contributed by atoms with E-state index in [1.807, 2.05) is 0 Å². The summed E-state index contributed by atoms with van der Waals surface area (Å²) in [6.45, 7) is 4.83. The lowest BCUT2D eigenvalue weighted by Crippen LogP contribution is -2.18. The third-order valence-electron chi connectivity index (χ3n) is 2.05. The predicted octanol–water partition coefficient (Wildman–Crippen LogP) is 2.28. The number of aryl methyl sites for hydroxylation is 1. The third-order valence-corrected chi connectivity index (χ3v) is 2.05. The molecule has 0 bridgehead atoms. The molecule has 0 amide bonds. The van der Waals surface area contributed by atoms with Crippen molar-refractivity contribution in [3.8, 4) is 12.3 Å². The van der Waals surface area contributed by atoms with E-state index in [9.17, 15) is 0 Å². The van der Waals surface area contributed by atoms with Crippen LogP contribution in [0.15, 0.2) is 24.3 Å². The minimum Gasteiger partial charge on any atom is -0.300 e. The van der Waals surface area contributed by atoms with Crippen molar-refractivity contribution in [3.63, 3.8) is 0 Å². The molecule has 1 heteroatoms. The lowest BCUT2D eigenvalue weighted by atomic mass is 10.1. The van der Waals surface area contributed by atoms with Gasteiger partial charge in [0.05, 0.1) is 6.54 Å². The Morgan fingerprint density at radius 2 is 2.31 bits per heavy atom. The number of terminal acetylenes is 1. The summed E-state index contributed by atoms with van der Waals surface area (Å²) in [6.07, 6.45) is 5.17. The quantitative estimate of drug-likeness (QED) is 0.691. The van der Waals surface area contributed by atoms with Gasteiger partial charge in [-0.1, -0.05) is 35.7 Å². The van der Waals surface area contributed by atoms with Crippen LogP contribution in [-0.4, -0.2) is 6.54 Å². The summed E-state index contributed by atoms with van der Waals surface area (Å²) >= 11 is 0. The molecule has 1 nitrogen and oxygen atoms in total. The Hall–Kier alpha value is -1.26. The molecule has 0 spiro atoms. The number of rotatable bonds is 3. The average Bonchev–Trinajstić information content (AvgIpc) is 2.14. The molecule has 0 aliphatic rings. The van der Waals surface area contributed by atoms with Gasteiger partial charge < -0.3 is 0 Å². The summed E-state index contributed by atoms with van der Waals surface area (Å²) in [4.78, 5) is 0. The van der Waals surface area contributed by atoms with Crippen LogP contribution in [0.5, 0.6) is 0 Å². The molecule has 1 rings (SSSR count). The van der Waals surface area contributed by atoms with Gasteiger partial charge in [-0.05, 0) is 19.4 Å². The van der Waals surface area contributed by atoms with Crippen LogP contribution >= 0.6 is 0 Å². The van der Waals surface area contributed by atoms with Gasteiger partial charge in [-0.3, -0.25) is 5.32 Å². The summed E-state index contributed by atoms with van der Waals surface area (Å²) in [5.41, 5.74) is 2.57. The molecule has 13 heavy (non-hydrogen) atoms. The Morgan fingerprint density at radius 1 is 1.54 bits per heavy atom. The highest BCUT2D eigenvalue weighted by Crippen LogP contribution is 2.12. The molecular formula is C12H15N. The van der Waals surface area contributed by atoms with Crippen LogP contribution in [0.25, 0.3) is 0 Å². The fraction of sp³-hybridized carbons (Fsp3) is 0.333. The van der Waals surface area contributed by atoms with Crippen molar-refractivity contribution in [3.05, 3.63) is 35.4 Å². The first-order valence-electron chi connectivity index (χ1n) is 4.47. The maximum atomic E-state index is 5.17. The highest BCUT2D eigenvalue weighted by Gasteiger charge is 2.02. The average molecular weight is 173 g/mol. The van der Waals surface area contributed by atoms with Crippen molar-refractivity contribution < 1.29 is 0 Å². The molecule has 0 aliphatic carbocycles. The molecule has 68 valence electrons. The standard InChI is InChI=1S/C12H15N/c1-4-8-13-11(3)12-7-5-6-10(2)9-12/h1,5-7,9,11,13H,8H2,2-3H3/t11-/m0/s1. The van der Waals surface area contributed by atoms with Crippen LogP contribution < -0.4 is 5.32 Å². The number of nitrogens with one attached hydrogen (secondary N) is 1. The van der Waals surface area contributed by atoms with Gasteiger partial charge in [0.25, 0.3) is 0 Å². The summed E-state index contributed by atoms with van der Waals surface area (Å²) in [6, 6.07) is 8.78. The van der Waals surface area contributed by atoms with Gasteiger partial charge in [-0.2, -0.15) is 0 Å². The lowest BCUT2D eigenvalue weighted by Gasteiger charge is -2.12. The Kier molecular flexibility index (Phi) is 3.54. The fourth-order valence-corrected chi connectivity index (χ4v) is 1.27. The van der Waals surface area contributed by atoms with E-state index in [4.69, 9.17) is 6.42 Å². The van der Waals surface area contributed by atoms with Crippen LogP contribution in [0, 0.1) is 19.3 Å². The number of hydrogen-bond acceptors (Lipinski definition) is 1. The van der Waals surface area contributed by atoms with Gasteiger partial charge in [0, 0.05) is 6.04 Å². The van der Waals surface area contributed by atoms with Crippen molar-refractivity contribution in [2.75, 3.05) is 6.54 Å². The van der Waals surface area contributed by atoms with Gasteiger partial charge in [0.2, 0.25) is 0 Å². The normalized spacial score (nSPS) is 12.1. The molecule has 0 aromatic heterocycles. The summed E-state index contributed by atoms with van der Waals surface area (Å²) in [5.74, 6) is 2.57. The monoisotopic (exact) mass is 173 g/mol. The van der Waals surface area contributed by atoms with Crippen LogP contribution in [0.2, 0.25) is 0 Å². The molecule has 0 saturated carbocycles. The van der Waals surface area contributed by atoms with Crippen LogP contribution in [-0.2, 0) is 0 Å². The minimum absolute atomic E-state index is 0.330. The van der Waals surface area contributed by atoms with E-state index in [0.717, 1.165) is 0 Å². The second kappa shape index (κ2) is 4.69. The number of hydrogen-bond donors (Lipinski definition) is 1. The SMILES string of the molecule is C#CCN[C@@H](C)c1cccc(C)c1. The Bertz CT molecular complexity index is 309. The summed E-state index contributed by atoms with van der Waals surface area (Å²) < 4.78 is 0. The molecule has 1 aromatic carbocycles. The molecule has 1 aromatic rings. The highest BCUT2D eigenvalue weighted by molar-refractivity contribution is 5.24. The highest BCUT2D eigenvalue weighted by atomic mass is 14.9. The van der Waals surface area contributed by atoms with E-state index in [1.165, 1.54) is 11.1 Å². The zero-order valence-corrected chi connectivity index (χ0v) is 8.17. The third kappa shape index (κ3) is 2.93. The van der Waals surface area contributed by atoms with E-state index in [2.05, 4.69) is 49.4 Å². The maximum Gasteiger partial charge on any atom is 0.0578 e. The number of benzene rings is 1. The van der Waals surface area contributed by atoms with Gasteiger partial charge >= 0.3 is 0 Å². The smallest absolute Gasteiger partial charge is 0.0578 e. The van der Waals surface area contributed by atoms with Crippen molar-refractivity contribution in [2.24, 2.45) is 0 Å². The second-order valence-electron chi connectivity index (χ2n) is 3.22. The Balaban J connectivity index is 2.66. The van der Waals surface area contributed by atoms with Gasteiger partial charge in [-0.15, -0.1) is 6.42 Å². The zero-order valence-electron chi connectivity index (χ0n) is 8.17. The van der Waals surface area contributed by atoms with Crippen molar-refractivity contribution in [2.45, 2.75) is 19.9 Å². The van der Waals surface area contributed by atoms with E-state index < -0.39 is 0 Å². The molecule has 0 fully saturated rings. The van der Waals surface area contributed by atoms with Crippen molar-refractivity contribution >= 4 is 0 Å². The zero-order chi connectivity index (χ0) is 9.68. The molecule has 0 unspecified atom stereocenters. The Morgan fingerprint density at radius 3 is 2.92 bits per heavy atom. The Labute approximate surface area is 80.2 Å². The summed E-state index contributed by atoms with van der Waals surface area (Å²) in [5, 5.41) is 3.24.